The highest BCUT2D eigenvalue weighted by atomic mass is 16.5. The first-order valence-corrected chi connectivity index (χ1v) is 10.0. The van der Waals surface area contributed by atoms with Gasteiger partial charge in [-0.15, -0.1) is 0 Å². The largest absolute Gasteiger partial charge is 0.493 e. The molecule has 2 aromatic carbocycles. The zero-order valence-electron chi connectivity index (χ0n) is 16.9. The first-order valence-electron chi connectivity index (χ1n) is 10.0. The van der Waals surface area contributed by atoms with E-state index in [0.29, 0.717) is 13.0 Å². The number of ether oxygens (including phenoxy) is 1. The van der Waals surface area contributed by atoms with Crippen LogP contribution in [-0.2, 0) is 11.3 Å². The van der Waals surface area contributed by atoms with Crippen LogP contribution in [0.2, 0.25) is 0 Å². The molecule has 1 atom stereocenters. The highest BCUT2D eigenvalue weighted by Gasteiger charge is 2.17. The number of aromatic nitrogens is 2. The summed E-state index contributed by atoms with van der Waals surface area (Å²) in [5, 5.41) is 3.03. The summed E-state index contributed by atoms with van der Waals surface area (Å²) < 4.78 is 8.13. The minimum Gasteiger partial charge on any atom is -0.493 e. The van der Waals surface area contributed by atoms with Crippen molar-refractivity contribution in [2.24, 2.45) is 0 Å². The molecule has 5 nitrogen and oxygen atoms in total. The van der Waals surface area contributed by atoms with Crippen LogP contribution in [0, 0.1) is 6.92 Å². The van der Waals surface area contributed by atoms with Gasteiger partial charge in [0.05, 0.1) is 23.7 Å². The number of para-hydroxylation sites is 3. The van der Waals surface area contributed by atoms with Crippen molar-refractivity contribution in [3.8, 4) is 5.75 Å². The van der Waals surface area contributed by atoms with E-state index >= 15 is 0 Å². The normalized spacial score (nSPS) is 12.1. The van der Waals surface area contributed by atoms with Gasteiger partial charge in [-0.3, -0.25) is 4.79 Å². The van der Waals surface area contributed by atoms with Gasteiger partial charge in [0.1, 0.15) is 11.6 Å². The van der Waals surface area contributed by atoms with Crippen molar-refractivity contribution in [2.45, 2.75) is 52.6 Å². The molecule has 0 bridgehead atoms. The van der Waals surface area contributed by atoms with Crippen molar-refractivity contribution in [1.29, 1.82) is 0 Å². The lowest BCUT2D eigenvalue weighted by Crippen LogP contribution is -2.28. The average Bonchev–Trinajstić information content (AvgIpc) is 3.08. The second-order valence-corrected chi connectivity index (χ2v) is 7.07. The van der Waals surface area contributed by atoms with E-state index in [0.717, 1.165) is 47.6 Å². The molecule has 0 radical (unpaired) electrons. The van der Waals surface area contributed by atoms with Crippen LogP contribution in [-0.4, -0.2) is 22.1 Å². The first-order chi connectivity index (χ1) is 13.6. The van der Waals surface area contributed by atoms with Gasteiger partial charge < -0.3 is 14.6 Å². The Morgan fingerprint density at radius 1 is 1.14 bits per heavy atom. The van der Waals surface area contributed by atoms with Crippen LogP contribution < -0.4 is 10.1 Å². The summed E-state index contributed by atoms with van der Waals surface area (Å²) >= 11 is 0. The lowest BCUT2D eigenvalue weighted by molar-refractivity contribution is -0.121. The number of amides is 1. The van der Waals surface area contributed by atoms with Crippen LogP contribution in [0.5, 0.6) is 5.75 Å². The molecule has 1 aromatic heterocycles. The Morgan fingerprint density at radius 2 is 1.89 bits per heavy atom. The molecule has 1 unspecified atom stereocenters. The molecular formula is C23H29N3O2. The van der Waals surface area contributed by atoms with Crippen LogP contribution in [0.1, 0.15) is 50.5 Å². The molecule has 1 heterocycles. The quantitative estimate of drug-likeness (QED) is 0.544. The maximum atomic E-state index is 11.8. The third-order valence-corrected chi connectivity index (χ3v) is 4.90. The Labute approximate surface area is 166 Å². The molecule has 0 aliphatic heterocycles. The molecule has 3 rings (SSSR count). The third kappa shape index (κ3) is 4.71. The number of nitrogens with one attached hydrogen (secondary N) is 1. The fraction of sp³-hybridized carbons (Fsp3) is 0.391. The number of hydrogen-bond acceptors (Lipinski definition) is 3. The molecule has 0 aliphatic carbocycles. The van der Waals surface area contributed by atoms with Crippen LogP contribution in [0.3, 0.4) is 0 Å². The van der Waals surface area contributed by atoms with Crippen molar-refractivity contribution in [1.82, 2.24) is 14.9 Å². The highest BCUT2D eigenvalue weighted by molar-refractivity contribution is 5.77. The van der Waals surface area contributed by atoms with Gasteiger partial charge in [-0.05, 0) is 50.5 Å². The summed E-state index contributed by atoms with van der Waals surface area (Å²) in [4.78, 5) is 16.6. The van der Waals surface area contributed by atoms with Gasteiger partial charge in [0.15, 0.2) is 0 Å². The molecule has 28 heavy (non-hydrogen) atoms. The maximum Gasteiger partial charge on any atom is 0.220 e. The molecule has 1 N–H and O–H groups in total. The first kappa shape index (κ1) is 19.9. The number of hydrogen-bond donors (Lipinski definition) is 1. The fourth-order valence-electron chi connectivity index (χ4n) is 3.34. The predicted molar refractivity (Wildman–Crippen MR) is 112 cm³/mol. The van der Waals surface area contributed by atoms with Crippen molar-refractivity contribution in [3.63, 3.8) is 0 Å². The van der Waals surface area contributed by atoms with Crippen molar-refractivity contribution in [2.75, 3.05) is 6.61 Å². The molecule has 3 aromatic rings. The van der Waals surface area contributed by atoms with Crippen LogP contribution >= 0.6 is 0 Å². The van der Waals surface area contributed by atoms with Gasteiger partial charge in [-0.1, -0.05) is 37.3 Å². The lowest BCUT2D eigenvalue weighted by Gasteiger charge is -2.16. The predicted octanol–water partition coefficient (Wildman–Crippen LogP) is 4.79. The number of benzene rings is 2. The fourth-order valence-corrected chi connectivity index (χ4v) is 3.34. The number of fused-ring (bicyclic) bond motifs is 1. The Balaban J connectivity index is 1.65. The summed E-state index contributed by atoms with van der Waals surface area (Å²) in [5.74, 6) is 1.90. The smallest absolute Gasteiger partial charge is 0.220 e. The van der Waals surface area contributed by atoms with E-state index in [1.54, 1.807) is 0 Å². The summed E-state index contributed by atoms with van der Waals surface area (Å²) in [7, 11) is 0. The van der Waals surface area contributed by atoms with E-state index < -0.39 is 0 Å². The summed E-state index contributed by atoms with van der Waals surface area (Å²) in [6.07, 6.45) is 2.41. The zero-order valence-corrected chi connectivity index (χ0v) is 16.9. The number of carbonyl (C=O) groups is 1. The summed E-state index contributed by atoms with van der Waals surface area (Å²) in [6, 6.07) is 16.1. The Morgan fingerprint density at radius 3 is 2.68 bits per heavy atom. The van der Waals surface area contributed by atoms with Crippen molar-refractivity contribution in [3.05, 3.63) is 59.9 Å². The average molecular weight is 380 g/mol. The molecule has 0 aliphatic rings. The minimum atomic E-state index is -0.122. The molecule has 1 amide bonds. The topological polar surface area (TPSA) is 56.2 Å². The number of imidazole rings is 1. The minimum absolute atomic E-state index is 0.0396. The van der Waals surface area contributed by atoms with E-state index in [2.05, 4.69) is 28.9 Å². The number of nitrogens with zero attached hydrogens (tertiary/aromatic N) is 2. The van der Waals surface area contributed by atoms with Crippen molar-refractivity contribution >= 4 is 16.9 Å². The van der Waals surface area contributed by atoms with Crippen molar-refractivity contribution < 1.29 is 9.53 Å². The van der Waals surface area contributed by atoms with E-state index in [-0.39, 0.29) is 11.9 Å². The van der Waals surface area contributed by atoms with E-state index in [4.69, 9.17) is 9.72 Å². The number of unbranched alkanes of at least 4 members (excludes halogenated alkanes) is 1. The van der Waals surface area contributed by atoms with E-state index in [9.17, 15) is 4.79 Å². The molecule has 0 saturated carbocycles. The third-order valence-electron chi connectivity index (χ3n) is 4.90. The van der Waals surface area contributed by atoms with Gasteiger partial charge in [-0.25, -0.2) is 4.98 Å². The van der Waals surface area contributed by atoms with E-state index in [1.807, 2.05) is 50.2 Å². The SMILES string of the molecule is CCC(=O)NC(C)c1nc2ccccc2n1CCCCOc1ccccc1C. The van der Waals surface area contributed by atoms with Gasteiger partial charge in [0.2, 0.25) is 5.91 Å². The number of aryl methyl sites for hydroxylation is 2. The molecule has 148 valence electrons. The Hall–Kier alpha value is -2.82. The van der Waals surface area contributed by atoms with Crippen LogP contribution in [0.25, 0.3) is 11.0 Å². The maximum absolute atomic E-state index is 11.8. The second kappa shape index (κ2) is 9.40. The Bertz CT molecular complexity index is 932. The summed E-state index contributed by atoms with van der Waals surface area (Å²) in [5.41, 5.74) is 3.23. The van der Waals surface area contributed by atoms with Gasteiger partial charge in [-0.2, -0.15) is 0 Å². The Kier molecular flexibility index (Phi) is 6.69. The van der Waals surface area contributed by atoms with Crippen LogP contribution in [0.4, 0.5) is 0 Å². The number of carbonyl (C=O) groups excluding carboxylic acids is 1. The molecule has 0 fully saturated rings. The highest BCUT2D eigenvalue weighted by Crippen LogP contribution is 2.22. The molecular weight excluding hydrogens is 350 g/mol. The van der Waals surface area contributed by atoms with Gasteiger partial charge in [0, 0.05) is 13.0 Å². The standard InChI is InChI=1S/C23H29N3O2/c1-4-22(27)24-18(3)23-25-19-12-6-7-13-20(19)26(23)15-9-10-16-28-21-14-8-5-11-17(21)2/h5-8,11-14,18H,4,9-10,15-16H2,1-3H3,(H,24,27). The van der Waals surface area contributed by atoms with E-state index in [1.165, 1.54) is 0 Å². The molecule has 0 saturated heterocycles. The van der Waals surface area contributed by atoms with Gasteiger partial charge in [0.25, 0.3) is 0 Å². The second-order valence-electron chi connectivity index (χ2n) is 7.07. The summed E-state index contributed by atoms with van der Waals surface area (Å²) in [6.45, 7) is 7.45. The molecule has 0 spiro atoms. The van der Waals surface area contributed by atoms with Gasteiger partial charge >= 0.3 is 0 Å². The van der Waals surface area contributed by atoms with Crippen LogP contribution in [0.15, 0.2) is 48.5 Å². The number of rotatable bonds is 9. The molecule has 5 heteroatoms. The zero-order chi connectivity index (χ0) is 19.9. The lowest BCUT2D eigenvalue weighted by atomic mass is 10.2. The monoisotopic (exact) mass is 379 g/mol.